The molecule has 0 fully saturated rings. The van der Waals surface area contributed by atoms with Gasteiger partial charge in [0.2, 0.25) is 10.0 Å². The minimum Gasteiger partial charge on any atom is -0.342 e. The molecule has 2 N–H and O–H groups in total. The van der Waals surface area contributed by atoms with Gasteiger partial charge in [-0.15, -0.1) is 0 Å². The summed E-state index contributed by atoms with van der Waals surface area (Å²) < 4.78 is 25.5. The summed E-state index contributed by atoms with van der Waals surface area (Å²) in [6, 6.07) is 12.4. The van der Waals surface area contributed by atoms with Crippen molar-refractivity contribution in [2.45, 2.75) is 32.4 Å². The molecule has 1 aliphatic heterocycles. The number of rotatable bonds is 4. The number of fused-ring (bicyclic) bond motifs is 2. The standard InChI is InChI=1S/C20H22N4O3S/c1-12-10-15-11-14(8-9-18(15)24(12)28(3,26)27)20(25)21-13(2)19-22-16-6-4-5-7-17(16)23-19/h4-9,11-13H,10H2,1-3H3,(H,21,25)(H,22,23). The smallest absolute Gasteiger partial charge is 0.251 e. The molecule has 1 amide bonds. The molecule has 2 unspecified atom stereocenters. The second-order valence-electron chi connectivity index (χ2n) is 7.29. The fourth-order valence-corrected chi connectivity index (χ4v) is 5.04. The van der Waals surface area contributed by atoms with E-state index < -0.39 is 10.0 Å². The Labute approximate surface area is 163 Å². The molecule has 28 heavy (non-hydrogen) atoms. The maximum Gasteiger partial charge on any atom is 0.251 e. The first-order valence-electron chi connectivity index (χ1n) is 9.12. The van der Waals surface area contributed by atoms with Crippen molar-refractivity contribution in [1.82, 2.24) is 15.3 Å². The second-order valence-corrected chi connectivity index (χ2v) is 9.15. The Morgan fingerprint density at radius 1 is 1.29 bits per heavy atom. The number of nitrogens with zero attached hydrogens (tertiary/aromatic N) is 2. The van der Waals surface area contributed by atoms with Crippen LogP contribution >= 0.6 is 0 Å². The van der Waals surface area contributed by atoms with Crippen molar-refractivity contribution in [2.24, 2.45) is 0 Å². The maximum atomic E-state index is 12.7. The highest BCUT2D eigenvalue weighted by Gasteiger charge is 2.32. The molecule has 0 bridgehead atoms. The molecule has 0 saturated heterocycles. The fourth-order valence-electron chi connectivity index (χ4n) is 3.78. The van der Waals surface area contributed by atoms with Gasteiger partial charge >= 0.3 is 0 Å². The minimum atomic E-state index is -3.35. The quantitative estimate of drug-likeness (QED) is 0.706. The summed E-state index contributed by atoms with van der Waals surface area (Å²) in [7, 11) is -3.35. The van der Waals surface area contributed by atoms with Crippen LogP contribution in [0, 0.1) is 0 Å². The fraction of sp³-hybridized carbons (Fsp3) is 0.300. The number of carbonyl (C=O) groups is 1. The Kier molecular flexibility index (Phi) is 4.38. The summed E-state index contributed by atoms with van der Waals surface area (Å²) in [5.74, 6) is 0.466. The molecule has 3 aromatic rings. The van der Waals surface area contributed by atoms with Crippen LogP contribution in [0.3, 0.4) is 0 Å². The predicted molar refractivity (Wildman–Crippen MR) is 109 cm³/mol. The van der Waals surface area contributed by atoms with Gasteiger partial charge in [-0.05, 0) is 56.2 Å². The zero-order valence-corrected chi connectivity index (χ0v) is 16.7. The lowest BCUT2D eigenvalue weighted by Gasteiger charge is -2.22. The second kappa shape index (κ2) is 6.63. The number of hydrogen-bond donors (Lipinski definition) is 2. The number of hydrogen-bond acceptors (Lipinski definition) is 4. The topological polar surface area (TPSA) is 95.2 Å². The molecule has 0 spiro atoms. The molecule has 2 atom stereocenters. The molecule has 7 nitrogen and oxygen atoms in total. The highest BCUT2D eigenvalue weighted by Crippen LogP contribution is 2.34. The zero-order chi connectivity index (χ0) is 20.1. The van der Waals surface area contributed by atoms with E-state index in [1.54, 1.807) is 18.2 Å². The van der Waals surface area contributed by atoms with Crippen LogP contribution in [0.15, 0.2) is 42.5 Å². The number of H-pyrrole nitrogens is 1. The van der Waals surface area contributed by atoms with Crippen molar-refractivity contribution in [2.75, 3.05) is 10.6 Å². The Morgan fingerprint density at radius 3 is 2.75 bits per heavy atom. The monoisotopic (exact) mass is 398 g/mol. The Bertz CT molecular complexity index is 1140. The van der Waals surface area contributed by atoms with Crippen molar-refractivity contribution in [1.29, 1.82) is 0 Å². The lowest BCUT2D eigenvalue weighted by Crippen LogP contribution is -2.34. The molecule has 0 radical (unpaired) electrons. The maximum absolute atomic E-state index is 12.7. The zero-order valence-electron chi connectivity index (χ0n) is 15.9. The van der Waals surface area contributed by atoms with E-state index in [9.17, 15) is 13.2 Å². The summed E-state index contributed by atoms with van der Waals surface area (Å²) in [6.45, 7) is 3.74. The van der Waals surface area contributed by atoms with Gasteiger partial charge in [0.25, 0.3) is 5.91 Å². The van der Waals surface area contributed by atoms with Crippen LogP contribution in [-0.4, -0.2) is 36.6 Å². The summed E-state index contributed by atoms with van der Waals surface area (Å²) in [5, 5.41) is 2.95. The third-order valence-corrected chi connectivity index (χ3v) is 6.29. The highest BCUT2D eigenvalue weighted by molar-refractivity contribution is 7.92. The Balaban J connectivity index is 1.55. The van der Waals surface area contributed by atoms with Crippen molar-refractivity contribution >= 4 is 32.7 Å². The molecule has 146 valence electrons. The third-order valence-electron chi connectivity index (χ3n) is 5.02. The normalized spacial score (nSPS) is 17.5. The van der Waals surface area contributed by atoms with Gasteiger partial charge in [-0.2, -0.15) is 0 Å². The third kappa shape index (κ3) is 3.24. The highest BCUT2D eigenvalue weighted by atomic mass is 32.2. The molecular formula is C20H22N4O3S. The number of sulfonamides is 1. The van der Waals surface area contributed by atoms with Gasteiger partial charge in [-0.1, -0.05) is 12.1 Å². The number of amides is 1. The van der Waals surface area contributed by atoms with Gasteiger partial charge in [0.05, 0.1) is 29.0 Å². The van der Waals surface area contributed by atoms with E-state index in [4.69, 9.17) is 0 Å². The molecule has 0 saturated carbocycles. The van der Waals surface area contributed by atoms with Gasteiger partial charge < -0.3 is 10.3 Å². The van der Waals surface area contributed by atoms with Crippen LogP contribution in [0.4, 0.5) is 5.69 Å². The van der Waals surface area contributed by atoms with E-state index in [0.29, 0.717) is 23.5 Å². The lowest BCUT2D eigenvalue weighted by atomic mass is 10.1. The number of carbonyl (C=O) groups excluding carboxylic acids is 1. The first-order chi connectivity index (χ1) is 13.2. The number of aromatic amines is 1. The molecule has 4 rings (SSSR count). The van der Waals surface area contributed by atoms with Crippen LogP contribution in [0.1, 0.15) is 41.6 Å². The summed E-state index contributed by atoms with van der Waals surface area (Å²) in [6.07, 6.45) is 1.79. The van der Waals surface area contributed by atoms with Crippen LogP contribution in [0.5, 0.6) is 0 Å². The van der Waals surface area contributed by atoms with E-state index >= 15 is 0 Å². The number of imidazole rings is 1. The predicted octanol–water partition coefficient (Wildman–Crippen LogP) is 2.76. The largest absolute Gasteiger partial charge is 0.342 e. The molecular weight excluding hydrogens is 376 g/mol. The molecule has 8 heteroatoms. The summed E-state index contributed by atoms with van der Waals surface area (Å²) >= 11 is 0. The number of para-hydroxylation sites is 2. The van der Waals surface area contributed by atoms with Crippen molar-refractivity contribution in [3.63, 3.8) is 0 Å². The molecule has 2 aromatic carbocycles. The van der Waals surface area contributed by atoms with E-state index in [0.717, 1.165) is 16.6 Å². The van der Waals surface area contributed by atoms with Crippen LogP contribution in [0.2, 0.25) is 0 Å². The molecule has 2 heterocycles. The number of anilines is 1. The van der Waals surface area contributed by atoms with E-state index in [2.05, 4.69) is 15.3 Å². The molecule has 1 aliphatic rings. The first kappa shape index (κ1) is 18.5. The van der Waals surface area contributed by atoms with Gasteiger partial charge in [0.15, 0.2) is 0 Å². The van der Waals surface area contributed by atoms with Crippen molar-refractivity contribution < 1.29 is 13.2 Å². The molecule has 1 aromatic heterocycles. The Hall–Kier alpha value is -2.87. The minimum absolute atomic E-state index is 0.155. The average Bonchev–Trinajstić information content (AvgIpc) is 3.20. The average molecular weight is 398 g/mol. The SMILES string of the molecule is CC(NC(=O)c1ccc2c(c1)CC(C)N2S(C)(=O)=O)c1nc2ccccc2[nH]1. The van der Waals surface area contributed by atoms with E-state index in [1.165, 1.54) is 10.6 Å². The number of benzene rings is 2. The van der Waals surface area contributed by atoms with Gasteiger partial charge in [-0.3, -0.25) is 9.10 Å². The van der Waals surface area contributed by atoms with Crippen LogP contribution < -0.4 is 9.62 Å². The van der Waals surface area contributed by atoms with Gasteiger partial charge in [-0.25, -0.2) is 13.4 Å². The number of nitrogens with one attached hydrogen (secondary N) is 2. The van der Waals surface area contributed by atoms with Crippen LogP contribution in [-0.2, 0) is 16.4 Å². The van der Waals surface area contributed by atoms with Gasteiger partial charge in [0, 0.05) is 11.6 Å². The number of aromatic nitrogens is 2. The van der Waals surface area contributed by atoms with Crippen molar-refractivity contribution in [3.05, 3.63) is 59.4 Å². The van der Waals surface area contributed by atoms with E-state index in [1.807, 2.05) is 38.1 Å². The van der Waals surface area contributed by atoms with Gasteiger partial charge in [0.1, 0.15) is 5.82 Å². The lowest BCUT2D eigenvalue weighted by molar-refractivity contribution is 0.0938. The summed E-state index contributed by atoms with van der Waals surface area (Å²) in [5.41, 5.74) is 3.79. The van der Waals surface area contributed by atoms with Crippen molar-refractivity contribution in [3.8, 4) is 0 Å². The first-order valence-corrected chi connectivity index (χ1v) is 11.0. The van der Waals surface area contributed by atoms with E-state index in [-0.39, 0.29) is 18.0 Å². The molecule has 0 aliphatic carbocycles. The Morgan fingerprint density at radius 2 is 2.04 bits per heavy atom. The van der Waals surface area contributed by atoms with Crippen LogP contribution in [0.25, 0.3) is 11.0 Å². The summed E-state index contributed by atoms with van der Waals surface area (Å²) in [4.78, 5) is 20.5.